The van der Waals surface area contributed by atoms with E-state index in [0.717, 1.165) is 5.56 Å². The minimum atomic E-state index is -0.233. The van der Waals surface area contributed by atoms with E-state index >= 15 is 0 Å². The first-order chi connectivity index (χ1) is 8.67. The number of rotatable bonds is 4. The maximum atomic E-state index is 11.4. The van der Waals surface area contributed by atoms with E-state index in [1.54, 1.807) is 0 Å². The highest BCUT2D eigenvalue weighted by Crippen LogP contribution is 2.28. The van der Waals surface area contributed by atoms with E-state index in [0.29, 0.717) is 22.5 Å². The topological polar surface area (TPSA) is 115 Å². The van der Waals surface area contributed by atoms with Crippen molar-refractivity contribution in [3.63, 3.8) is 0 Å². The molecule has 0 atom stereocenters. The molecule has 0 saturated heterocycles. The highest BCUT2D eigenvalue weighted by atomic mass is 32.2. The van der Waals surface area contributed by atoms with Crippen LogP contribution in [0.3, 0.4) is 0 Å². The van der Waals surface area contributed by atoms with Crippen LogP contribution in [0.5, 0.6) is 0 Å². The Morgan fingerprint density at radius 1 is 1.56 bits per heavy atom. The fourth-order valence-electron chi connectivity index (χ4n) is 1.43. The number of hydrogen-bond donors (Lipinski definition) is 3. The molecule has 4 N–H and O–H groups in total. The van der Waals surface area contributed by atoms with E-state index < -0.39 is 0 Å². The first-order valence-corrected chi connectivity index (χ1v) is 6.10. The van der Waals surface area contributed by atoms with E-state index in [2.05, 4.69) is 25.6 Å². The van der Waals surface area contributed by atoms with Crippen LogP contribution in [0.2, 0.25) is 0 Å². The summed E-state index contributed by atoms with van der Waals surface area (Å²) in [5, 5.41) is 7.63. The Labute approximate surface area is 107 Å². The zero-order valence-corrected chi connectivity index (χ0v) is 10.8. The molecule has 0 spiro atoms. The molecule has 8 nitrogen and oxygen atoms in total. The number of nitrogens with two attached hydrogens (primary N) is 1. The van der Waals surface area contributed by atoms with Crippen LogP contribution in [0.1, 0.15) is 12.5 Å². The number of H-pyrrole nitrogens is 1. The summed E-state index contributed by atoms with van der Waals surface area (Å²) in [5.74, 6) is 5.90. The van der Waals surface area contributed by atoms with Gasteiger partial charge in [0, 0.05) is 12.1 Å². The summed E-state index contributed by atoms with van der Waals surface area (Å²) in [6, 6.07) is 0. The number of aromatic nitrogens is 5. The molecule has 0 radical (unpaired) electrons. The second-order valence-corrected chi connectivity index (χ2v) is 4.41. The Bertz CT molecular complexity index is 605. The van der Waals surface area contributed by atoms with Crippen LogP contribution < -0.4 is 17.0 Å². The van der Waals surface area contributed by atoms with Crippen LogP contribution >= 0.6 is 11.8 Å². The molecule has 0 unspecified atom stereocenters. The second kappa shape index (κ2) is 5.19. The number of nitrogen functional groups attached to an aromatic ring is 1. The molecule has 96 valence electrons. The fraction of sp³-hybridized carbons (Fsp3) is 0.333. The van der Waals surface area contributed by atoms with E-state index in [1.807, 2.05) is 13.8 Å². The van der Waals surface area contributed by atoms with Gasteiger partial charge in [-0.3, -0.25) is 4.57 Å². The lowest BCUT2D eigenvalue weighted by Gasteiger charge is -2.07. The molecule has 18 heavy (non-hydrogen) atoms. The zero-order valence-electron chi connectivity index (χ0n) is 9.97. The average molecular weight is 267 g/mol. The Kier molecular flexibility index (Phi) is 3.63. The van der Waals surface area contributed by atoms with Gasteiger partial charge in [-0.1, -0.05) is 0 Å². The van der Waals surface area contributed by atoms with Crippen LogP contribution in [-0.2, 0) is 6.54 Å². The summed E-state index contributed by atoms with van der Waals surface area (Å²) in [7, 11) is 0. The van der Waals surface area contributed by atoms with Crippen molar-refractivity contribution in [3.8, 4) is 0 Å². The third kappa shape index (κ3) is 2.22. The van der Waals surface area contributed by atoms with Crippen LogP contribution in [0.25, 0.3) is 0 Å². The van der Waals surface area contributed by atoms with Crippen LogP contribution in [0.15, 0.2) is 21.3 Å². The molecule has 2 heterocycles. The second-order valence-electron chi connectivity index (χ2n) is 3.45. The molecule has 0 aliphatic heterocycles. The minimum absolute atomic E-state index is 0.233. The molecule has 0 aliphatic carbocycles. The van der Waals surface area contributed by atoms with Crippen LogP contribution in [0, 0.1) is 6.92 Å². The molecule has 0 amide bonds. The number of aromatic amines is 1. The van der Waals surface area contributed by atoms with Gasteiger partial charge >= 0.3 is 5.69 Å². The lowest BCUT2D eigenvalue weighted by molar-refractivity contribution is 0.660. The van der Waals surface area contributed by atoms with Crippen molar-refractivity contribution >= 4 is 17.6 Å². The zero-order chi connectivity index (χ0) is 13.1. The number of nitrogens with zero attached hydrogens (tertiary/aromatic N) is 4. The maximum absolute atomic E-state index is 11.4. The summed E-state index contributed by atoms with van der Waals surface area (Å²) >= 11 is 1.29. The first kappa shape index (κ1) is 12.6. The molecule has 2 aromatic rings. The Morgan fingerprint density at radius 2 is 2.33 bits per heavy atom. The molecule has 0 fully saturated rings. The highest BCUT2D eigenvalue weighted by Gasteiger charge is 2.13. The lowest BCUT2D eigenvalue weighted by atomic mass is 10.3. The van der Waals surface area contributed by atoms with Gasteiger partial charge in [0.15, 0.2) is 5.16 Å². The van der Waals surface area contributed by atoms with E-state index in [4.69, 9.17) is 5.84 Å². The average Bonchev–Trinajstić information content (AvgIpc) is 2.72. The summed E-state index contributed by atoms with van der Waals surface area (Å²) < 4.78 is 1.53. The molecule has 0 saturated carbocycles. The van der Waals surface area contributed by atoms with Crippen molar-refractivity contribution in [1.29, 1.82) is 0 Å². The van der Waals surface area contributed by atoms with Gasteiger partial charge in [0.1, 0.15) is 17.2 Å². The smallest absolute Gasteiger partial charge is 0.308 e. The molecule has 0 aromatic carbocycles. The van der Waals surface area contributed by atoms with Gasteiger partial charge in [0.25, 0.3) is 0 Å². The number of anilines is 1. The van der Waals surface area contributed by atoms with Gasteiger partial charge in [-0.25, -0.2) is 25.7 Å². The maximum Gasteiger partial charge on any atom is 0.343 e. The normalized spacial score (nSPS) is 10.6. The van der Waals surface area contributed by atoms with E-state index in [1.165, 1.54) is 22.7 Å². The third-order valence-electron chi connectivity index (χ3n) is 2.40. The molecular weight excluding hydrogens is 254 g/mol. The third-order valence-corrected chi connectivity index (χ3v) is 3.50. The van der Waals surface area contributed by atoms with E-state index in [-0.39, 0.29) is 5.69 Å². The Hall–Kier alpha value is -1.87. The SMILES string of the molecule is CCn1c(Sc2ncnc(NN)c2C)n[nH]c1=O. The van der Waals surface area contributed by atoms with Gasteiger partial charge in [0.2, 0.25) is 0 Å². The quantitative estimate of drug-likeness (QED) is 0.409. The molecule has 2 rings (SSSR count). The van der Waals surface area contributed by atoms with Gasteiger partial charge in [-0.2, -0.15) is 0 Å². The highest BCUT2D eigenvalue weighted by molar-refractivity contribution is 7.99. The monoisotopic (exact) mass is 267 g/mol. The summed E-state index contributed by atoms with van der Waals surface area (Å²) in [5.41, 5.74) is 3.07. The van der Waals surface area contributed by atoms with Crippen molar-refractivity contribution in [2.45, 2.75) is 30.6 Å². The van der Waals surface area contributed by atoms with Gasteiger partial charge < -0.3 is 5.43 Å². The van der Waals surface area contributed by atoms with Gasteiger partial charge in [-0.15, -0.1) is 5.10 Å². The van der Waals surface area contributed by atoms with Gasteiger partial charge in [-0.05, 0) is 25.6 Å². The van der Waals surface area contributed by atoms with E-state index in [9.17, 15) is 4.79 Å². The first-order valence-electron chi connectivity index (χ1n) is 5.28. The molecule has 9 heteroatoms. The predicted octanol–water partition coefficient (Wildman–Crippen LogP) is 0.127. The number of hydrogen-bond acceptors (Lipinski definition) is 7. The van der Waals surface area contributed by atoms with Crippen LogP contribution in [-0.4, -0.2) is 24.7 Å². The largest absolute Gasteiger partial charge is 0.343 e. The van der Waals surface area contributed by atoms with Crippen molar-refractivity contribution in [2.75, 3.05) is 5.43 Å². The number of hydrazine groups is 1. The molecule has 0 bridgehead atoms. The van der Waals surface area contributed by atoms with Crippen molar-refractivity contribution < 1.29 is 0 Å². The Morgan fingerprint density at radius 3 is 3.00 bits per heavy atom. The fourth-order valence-corrected chi connectivity index (χ4v) is 2.36. The molecule has 2 aromatic heterocycles. The van der Waals surface area contributed by atoms with Crippen molar-refractivity contribution in [1.82, 2.24) is 24.7 Å². The van der Waals surface area contributed by atoms with Crippen molar-refractivity contribution in [2.24, 2.45) is 5.84 Å². The summed E-state index contributed by atoms with van der Waals surface area (Å²) in [6.45, 7) is 4.27. The van der Waals surface area contributed by atoms with Crippen LogP contribution in [0.4, 0.5) is 5.82 Å². The lowest BCUT2D eigenvalue weighted by Crippen LogP contribution is -2.16. The summed E-state index contributed by atoms with van der Waals surface area (Å²) in [4.78, 5) is 19.6. The van der Waals surface area contributed by atoms with Crippen molar-refractivity contribution in [3.05, 3.63) is 22.4 Å². The molecule has 0 aliphatic rings. The summed E-state index contributed by atoms with van der Waals surface area (Å²) in [6.07, 6.45) is 1.41. The van der Waals surface area contributed by atoms with Gasteiger partial charge in [0.05, 0.1) is 0 Å². The minimum Gasteiger partial charge on any atom is -0.308 e. The molecular formula is C9H13N7OS. The Balaban J connectivity index is 2.37. The number of nitrogens with one attached hydrogen (secondary N) is 2. The predicted molar refractivity (Wildman–Crippen MR) is 67.2 cm³/mol. The standard InChI is InChI=1S/C9H13N7OS/c1-3-16-8(17)14-15-9(16)18-7-5(2)6(13-10)11-4-12-7/h4H,3,10H2,1-2H3,(H,14,17)(H,11,12,13).